The van der Waals surface area contributed by atoms with Crippen LogP contribution in [0.3, 0.4) is 0 Å². The van der Waals surface area contributed by atoms with Crippen LogP contribution in [0.15, 0.2) is 22.7 Å². The molecule has 18 heavy (non-hydrogen) atoms. The van der Waals surface area contributed by atoms with E-state index in [1.807, 2.05) is 6.07 Å². The summed E-state index contributed by atoms with van der Waals surface area (Å²) in [5, 5.41) is 10.7. The van der Waals surface area contributed by atoms with Gasteiger partial charge in [-0.05, 0) is 55.1 Å². The molecule has 1 aromatic rings. The van der Waals surface area contributed by atoms with E-state index < -0.39 is 0 Å². The van der Waals surface area contributed by atoms with Gasteiger partial charge in [-0.15, -0.1) is 0 Å². The molecule has 1 heterocycles. The third-order valence-electron chi connectivity index (χ3n) is 3.61. The van der Waals surface area contributed by atoms with Gasteiger partial charge in [0.1, 0.15) is 0 Å². The van der Waals surface area contributed by atoms with E-state index in [0.717, 1.165) is 10.2 Å². The molecule has 1 fully saturated rings. The summed E-state index contributed by atoms with van der Waals surface area (Å²) in [5.74, 6) is 0. The highest BCUT2D eigenvalue weighted by atomic mass is 79.9. The highest BCUT2D eigenvalue weighted by Gasteiger charge is 2.26. The molecule has 1 aliphatic heterocycles. The van der Waals surface area contributed by atoms with Crippen molar-refractivity contribution in [3.63, 3.8) is 0 Å². The molecule has 0 N–H and O–H groups in total. The van der Waals surface area contributed by atoms with Gasteiger partial charge in [-0.25, -0.2) is 0 Å². The summed E-state index contributed by atoms with van der Waals surface area (Å²) in [6.45, 7) is 4.42. The van der Waals surface area contributed by atoms with Crippen LogP contribution >= 0.6 is 15.9 Å². The fourth-order valence-corrected chi connectivity index (χ4v) is 3.29. The Morgan fingerprint density at radius 1 is 1.33 bits per heavy atom. The van der Waals surface area contributed by atoms with Crippen LogP contribution in [0.2, 0.25) is 0 Å². The summed E-state index contributed by atoms with van der Waals surface area (Å²) in [4.78, 5) is 12.7. The molecule has 4 nitrogen and oxygen atoms in total. The maximum atomic E-state index is 10.7. The first-order valence-electron chi connectivity index (χ1n) is 6.23. The maximum Gasteiger partial charge on any atom is 0.270 e. The Morgan fingerprint density at radius 3 is 2.44 bits per heavy atom. The number of nitro groups is 1. The molecular formula is C13H17BrN2O2. The largest absolute Gasteiger partial charge is 0.365 e. The summed E-state index contributed by atoms with van der Waals surface area (Å²) >= 11 is 3.46. The summed E-state index contributed by atoms with van der Waals surface area (Å²) in [7, 11) is 0. The number of benzene rings is 1. The first kappa shape index (κ1) is 13.3. The quantitative estimate of drug-likeness (QED) is 0.609. The molecule has 0 saturated carbocycles. The van der Waals surface area contributed by atoms with Crippen LogP contribution in [-0.4, -0.2) is 17.0 Å². The van der Waals surface area contributed by atoms with Gasteiger partial charge in [-0.2, -0.15) is 0 Å². The van der Waals surface area contributed by atoms with Crippen molar-refractivity contribution in [1.29, 1.82) is 0 Å². The SMILES string of the molecule is C[C@@H]1CCC[C@H](C)N1c1ccc([N+](=O)[O-])cc1Br. The number of halogens is 1. The van der Waals surface area contributed by atoms with Gasteiger partial charge in [0.2, 0.25) is 0 Å². The zero-order valence-electron chi connectivity index (χ0n) is 10.6. The molecule has 2 rings (SSSR count). The van der Waals surface area contributed by atoms with E-state index in [1.54, 1.807) is 12.1 Å². The lowest BCUT2D eigenvalue weighted by atomic mass is 9.96. The van der Waals surface area contributed by atoms with Gasteiger partial charge in [0.15, 0.2) is 0 Å². The van der Waals surface area contributed by atoms with Gasteiger partial charge in [0, 0.05) is 28.7 Å². The Kier molecular flexibility index (Phi) is 3.90. The van der Waals surface area contributed by atoms with E-state index in [2.05, 4.69) is 34.7 Å². The third-order valence-corrected chi connectivity index (χ3v) is 4.25. The van der Waals surface area contributed by atoms with Gasteiger partial charge >= 0.3 is 0 Å². The Hall–Kier alpha value is -1.10. The number of hydrogen-bond acceptors (Lipinski definition) is 3. The number of nitro benzene ring substituents is 1. The Balaban J connectivity index is 2.35. The fraction of sp³-hybridized carbons (Fsp3) is 0.538. The van der Waals surface area contributed by atoms with E-state index in [9.17, 15) is 10.1 Å². The molecule has 98 valence electrons. The number of piperidine rings is 1. The van der Waals surface area contributed by atoms with Gasteiger partial charge in [0.25, 0.3) is 5.69 Å². The van der Waals surface area contributed by atoms with Gasteiger partial charge < -0.3 is 4.90 Å². The predicted octanol–water partition coefficient (Wildman–Crippen LogP) is 4.12. The second-order valence-electron chi connectivity index (χ2n) is 4.93. The van der Waals surface area contributed by atoms with E-state index in [0.29, 0.717) is 12.1 Å². The highest BCUT2D eigenvalue weighted by molar-refractivity contribution is 9.10. The van der Waals surface area contributed by atoms with Crippen molar-refractivity contribution in [3.05, 3.63) is 32.8 Å². The third kappa shape index (κ3) is 2.51. The minimum absolute atomic E-state index is 0.128. The molecule has 0 amide bonds. The number of anilines is 1. The van der Waals surface area contributed by atoms with Crippen LogP contribution in [0.4, 0.5) is 11.4 Å². The van der Waals surface area contributed by atoms with Crippen molar-refractivity contribution in [2.75, 3.05) is 4.90 Å². The number of non-ortho nitro benzene ring substituents is 1. The van der Waals surface area contributed by atoms with E-state index in [-0.39, 0.29) is 10.6 Å². The van der Waals surface area contributed by atoms with Crippen LogP contribution in [0.1, 0.15) is 33.1 Å². The minimum atomic E-state index is -0.363. The van der Waals surface area contributed by atoms with Crippen LogP contribution in [0, 0.1) is 10.1 Å². The van der Waals surface area contributed by atoms with Crippen molar-refractivity contribution >= 4 is 27.3 Å². The molecule has 0 spiro atoms. The molecule has 0 aliphatic carbocycles. The Labute approximate surface area is 115 Å². The molecule has 1 aliphatic rings. The number of nitrogens with zero attached hydrogens (tertiary/aromatic N) is 2. The van der Waals surface area contributed by atoms with Crippen molar-refractivity contribution in [2.45, 2.75) is 45.2 Å². The van der Waals surface area contributed by atoms with Crippen molar-refractivity contribution < 1.29 is 4.92 Å². The highest BCUT2D eigenvalue weighted by Crippen LogP contribution is 2.36. The van der Waals surface area contributed by atoms with E-state index in [4.69, 9.17) is 0 Å². The normalized spacial score (nSPS) is 24.1. The molecular weight excluding hydrogens is 296 g/mol. The monoisotopic (exact) mass is 312 g/mol. The fourth-order valence-electron chi connectivity index (χ4n) is 2.71. The average Bonchev–Trinajstić information content (AvgIpc) is 2.30. The molecule has 2 atom stereocenters. The van der Waals surface area contributed by atoms with Crippen LogP contribution in [0.25, 0.3) is 0 Å². The summed E-state index contributed by atoms with van der Waals surface area (Å²) in [6.07, 6.45) is 3.60. The summed E-state index contributed by atoms with van der Waals surface area (Å²) in [6, 6.07) is 5.97. The molecule has 0 unspecified atom stereocenters. The van der Waals surface area contributed by atoms with Gasteiger partial charge in [-0.3, -0.25) is 10.1 Å². The first-order valence-corrected chi connectivity index (χ1v) is 7.02. The zero-order valence-corrected chi connectivity index (χ0v) is 12.2. The summed E-state index contributed by atoms with van der Waals surface area (Å²) in [5.41, 5.74) is 1.18. The van der Waals surface area contributed by atoms with Crippen molar-refractivity contribution in [1.82, 2.24) is 0 Å². The van der Waals surface area contributed by atoms with Crippen LogP contribution < -0.4 is 4.90 Å². The molecule has 1 saturated heterocycles. The van der Waals surface area contributed by atoms with Crippen molar-refractivity contribution in [2.24, 2.45) is 0 Å². The standard InChI is InChI=1S/C13H17BrN2O2/c1-9-4-3-5-10(2)15(9)13-7-6-11(16(17)18)8-12(13)14/h6-10H,3-5H2,1-2H3/t9-,10+. The van der Waals surface area contributed by atoms with E-state index >= 15 is 0 Å². The summed E-state index contributed by atoms with van der Waals surface area (Å²) < 4.78 is 0.803. The van der Waals surface area contributed by atoms with Crippen LogP contribution in [-0.2, 0) is 0 Å². The second kappa shape index (κ2) is 5.26. The van der Waals surface area contributed by atoms with E-state index in [1.165, 1.54) is 19.3 Å². The predicted molar refractivity (Wildman–Crippen MR) is 76.1 cm³/mol. The second-order valence-corrected chi connectivity index (χ2v) is 5.78. The van der Waals surface area contributed by atoms with Crippen molar-refractivity contribution in [3.8, 4) is 0 Å². The average molecular weight is 313 g/mol. The topological polar surface area (TPSA) is 46.4 Å². The van der Waals surface area contributed by atoms with Gasteiger partial charge in [-0.1, -0.05) is 0 Å². The van der Waals surface area contributed by atoms with Crippen LogP contribution in [0.5, 0.6) is 0 Å². The molecule has 0 radical (unpaired) electrons. The Morgan fingerprint density at radius 2 is 1.94 bits per heavy atom. The Bertz CT molecular complexity index is 454. The molecule has 1 aromatic carbocycles. The molecule has 0 aromatic heterocycles. The molecule has 0 bridgehead atoms. The number of hydrogen-bond donors (Lipinski definition) is 0. The maximum absolute atomic E-state index is 10.7. The first-order chi connectivity index (χ1) is 8.50. The minimum Gasteiger partial charge on any atom is -0.365 e. The smallest absolute Gasteiger partial charge is 0.270 e. The van der Waals surface area contributed by atoms with Gasteiger partial charge in [0.05, 0.1) is 10.6 Å². The zero-order chi connectivity index (χ0) is 13.3. The lowest BCUT2D eigenvalue weighted by Gasteiger charge is -2.41. The molecule has 5 heteroatoms. The number of rotatable bonds is 2. The lowest BCUT2D eigenvalue weighted by Crippen LogP contribution is -2.44. The lowest BCUT2D eigenvalue weighted by molar-refractivity contribution is -0.384.